The van der Waals surface area contributed by atoms with Crippen LogP contribution in [0.3, 0.4) is 0 Å². The van der Waals surface area contributed by atoms with Gasteiger partial charge in [-0.1, -0.05) is 43.7 Å². The van der Waals surface area contributed by atoms with E-state index in [9.17, 15) is 9.59 Å². The third kappa shape index (κ3) is 4.07. The van der Waals surface area contributed by atoms with Crippen LogP contribution in [0, 0.1) is 0 Å². The lowest BCUT2D eigenvalue weighted by Crippen LogP contribution is -2.30. The topological polar surface area (TPSA) is 67.2 Å². The zero-order valence-corrected chi connectivity index (χ0v) is 14.6. The van der Waals surface area contributed by atoms with Gasteiger partial charge in [0.05, 0.1) is 0 Å². The highest BCUT2D eigenvalue weighted by molar-refractivity contribution is 5.98. The van der Waals surface area contributed by atoms with Crippen LogP contribution in [0.5, 0.6) is 0 Å². The molecule has 2 amide bonds. The molecule has 1 aromatic heterocycles. The number of aromatic nitrogens is 2. The molecule has 0 spiro atoms. The molecule has 0 radical (unpaired) electrons. The number of rotatable bonds is 6. The van der Waals surface area contributed by atoms with Crippen LogP contribution in [0.2, 0.25) is 0 Å². The third-order valence-electron chi connectivity index (χ3n) is 4.35. The normalized spacial score (nSPS) is 14.1. The number of nitrogens with zero attached hydrogens (tertiary/aromatic N) is 3. The molecular formula is C19H24N4O2. The number of unbranched alkanes of at least 4 members (excludes halogenated alkanes) is 1. The molecule has 1 aromatic carbocycles. The summed E-state index contributed by atoms with van der Waals surface area (Å²) in [4.78, 5) is 26.9. The predicted molar refractivity (Wildman–Crippen MR) is 95.3 cm³/mol. The fraction of sp³-hybridized carbons (Fsp3) is 0.421. The zero-order chi connectivity index (χ0) is 17.6. The zero-order valence-electron chi connectivity index (χ0n) is 14.6. The average molecular weight is 340 g/mol. The number of carbonyl (C=O) groups is 2. The van der Waals surface area contributed by atoms with Crippen molar-refractivity contribution in [3.63, 3.8) is 0 Å². The minimum atomic E-state index is -0.212. The molecule has 1 aliphatic rings. The first-order valence-corrected chi connectivity index (χ1v) is 8.88. The number of benzene rings is 1. The Morgan fingerprint density at radius 1 is 1.24 bits per heavy atom. The summed E-state index contributed by atoms with van der Waals surface area (Å²) in [5, 5.41) is 7.19. The molecule has 0 aliphatic carbocycles. The van der Waals surface area contributed by atoms with Crippen molar-refractivity contribution in [2.45, 2.75) is 39.3 Å². The van der Waals surface area contributed by atoms with Gasteiger partial charge in [0.15, 0.2) is 5.69 Å². The highest BCUT2D eigenvalue weighted by atomic mass is 16.2. The Bertz CT molecular complexity index is 739. The van der Waals surface area contributed by atoms with Crippen LogP contribution in [0.25, 0.3) is 0 Å². The molecule has 0 atom stereocenters. The largest absolute Gasteiger partial charge is 0.351 e. The molecule has 1 aliphatic heterocycles. The van der Waals surface area contributed by atoms with Crippen LogP contribution in [0.1, 0.15) is 52.7 Å². The lowest BCUT2D eigenvalue weighted by molar-refractivity contribution is 0.0745. The van der Waals surface area contributed by atoms with Gasteiger partial charge in [-0.3, -0.25) is 14.3 Å². The molecule has 6 heteroatoms. The molecule has 1 N–H and O–H groups in total. The van der Waals surface area contributed by atoms with Crippen molar-refractivity contribution >= 4 is 11.8 Å². The smallest absolute Gasteiger partial charge is 0.272 e. The van der Waals surface area contributed by atoms with Gasteiger partial charge >= 0.3 is 0 Å². The van der Waals surface area contributed by atoms with Crippen LogP contribution in [0.4, 0.5) is 0 Å². The quantitative estimate of drug-likeness (QED) is 0.822. The highest BCUT2D eigenvalue weighted by Crippen LogP contribution is 2.16. The molecule has 132 valence electrons. The van der Waals surface area contributed by atoms with E-state index in [4.69, 9.17) is 0 Å². The summed E-state index contributed by atoms with van der Waals surface area (Å²) in [7, 11) is 0. The SMILES string of the molecule is CCCCNC(=O)c1cc2n(n1)CCCN(Cc1ccccc1)C2=O. The van der Waals surface area contributed by atoms with Gasteiger partial charge in [0, 0.05) is 32.2 Å². The number of nitrogens with one attached hydrogen (secondary N) is 1. The van der Waals surface area contributed by atoms with E-state index in [1.165, 1.54) is 0 Å². The van der Waals surface area contributed by atoms with Crippen LogP contribution < -0.4 is 5.32 Å². The maximum atomic E-state index is 12.9. The first-order valence-electron chi connectivity index (χ1n) is 8.88. The second-order valence-corrected chi connectivity index (χ2v) is 6.31. The maximum Gasteiger partial charge on any atom is 0.272 e. The standard InChI is InChI=1S/C19H24N4O2/c1-2-3-10-20-18(24)16-13-17-19(25)22(11-7-12-23(17)21-16)14-15-8-5-4-6-9-15/h4-6,8-9,13H,2-3,7,10-12,14H2,1H3,(H,20,24). The molecular weight excluding hydrogens is 316 g/mol. The maximum absolute atomic E-state index is 12.9. The Kier molecular flexibility index (Phi) is 5.48. The van der Waals surface area contributed by atoms with Gasteiger partial charge in [-0.15, -0.1) is 0 Å². The number of aryl methyl sites for hydroxylation is 1. The van der Waals surface area contributed by atoms with E-state index in [-0.39, 0.29) is 11.8 Å². The Hall–Kier alpha value is -2.63. The summed E-state index contributed by atoms with van der Waals surface area (Å²) in [5.74, 6) is -0.280. The van der Waals surface area contributed by atoms with E-state index in [0.717, 1.165) is 24.8 Å². The van der Waals surface area contributed by atoms with Gasteiger partial charge in [0.25, 0.3) is 11.8 Å². The fourth-order valence-corrected chi connectivity index (χ4v) is 2.97. The molecule has 6 nitrogen and oxygen atoms in total. The summed E-state index contributed by atoms with van der Waals surface area (Å²) >= 11 is 0. The monoisotopic (exact) mass is 340 g/mol. The lowest BCUT2D eigenvalue weighted by Gasteiger charge is -2.20. The minimum Gasteiger partial charge on any atom is -0.351 e. The molecule has 0 saturated carbocycles. The highest BCUT2D eigenvalue weighted by Gasteiger charge is 2.26. The molecule has 0 unspecified atom stereocenters. The van der Waals surface area contributed by atoms with Crippen molar-refractivity contribution in [2.24, 2.45) is 0 Å². The van der Waals surface area contributed by atoms with E-state index in [0.29, 0.717) is 37.6 Å². The van der Waals surface area contributed by atoms with Crippen molar-refractivity contribution in [3.05, 3.63) is 53.3 Å². The van der Waals surface area contributed by atoms with Crippen molar-refractivity contribution in [1.82, 2.24) is 20.0 Å². The Balaban J connectivity index is 1.74. The molecule has 2 heterocycles. The molecule has 25 heavy (non-hydrogen) atoms. The van der Waals surface area contributed by atoms with Crippen molar-refractivity contribution in [3.8, 4) is 0 Å². The third-order valence-corrected chi connectivity index (χ3v) is 4.35. The summed E-state index contributed by atoms with van der Waals surface area (Å²) < 4.78 is 1.67. The van der Waals surface area contributed by atoms with Crippen LogP contribution >= 0.6 is 0 Å². The Morgan fingerprint density at radius 3 is 2.80 bits per heavy atom. The Labute approximate surface area is 147 Å². The van der Waals surface area contributed by atoms with Gasteiger partial charge in [-0.25, -0.2) is 0 Å². The molecule has 2 aromatic rings. The van der Waals surface area contributed by atoms with Gasteiger partial charge in [-0.2, -0.15) is 5.10 Å². The van der Waals surface area contributed by atoms with Gasteiger partial charge in [-0.05, 0) is 18.4 Å². The predicted octanol–water partition coefficient (Wildman–Crippen LogP) is 2.46. The van der Waals surface area contributed by atoms with Crippen LogP contribution in [0.15, 0.2) is 36.4 Å². The summed E-state index contributed by atoms with van der Waals surface area (Å²) in [5.41, 5.74) is 1.91. The van der Waals surface area contributed by atoms with E-state index < -0.39 is 0 Å². The average Bonchev–Trinajstić information content (AvgIpc) is 3.00. The van der Waals surface area contributed by atoms with E-state index in [1.54, 1.807) is 10.7 Å². The molecule has 0 saturated heterocycles. The minimum absolute atomic E-state index is 0.0681. The summed E-state index contributed by atoms with van der Waals surface area (Å²) in [6.07, 6.45) is 2.78. The lowest BCUT2D eigenvalue weighted by atomic mass is 10.2. The first-order chi connectivity index (χ1) is 12.2. The molecule has 0 fully saturated rings. The number of hydrogen-bond acceptors (Lipinski definition) is 3. The van der Waals surface area contributed by atoms with E-state index >= 15 is 0 Å². The Morgan fingerprint density at radius 2 is 2.04 bits per heavy atom. The van der Waals surface area contributed by atoms with E-state index in [2.05, 4.69) is 17.3 Å². The van der Waals surface area contributed by atoms with Gasteiger partial charge in [0.1, 0.15) is 5.69 Å². The number of hydrogen-bond donors (Lipinski definition) is 1. The molecule has 0 bridgehead atoms. The number of amides is 2. The van der Waals surface area contributed by atoms with Crippen molar-refractivity contribution in [1.29, 1.82) is 0 Å². The second-order valence-electron chi connectivity index (χ2n) is 6.31. The van der Waals surface area contributed by atoms with Crippen molar-refractivity contribution < 1.29 is 9.59 Å². The fourth-order valence-electron chi connectivity index (χ4n) is 2.97. The number of carbonyl (C=O) groups excluding carboxylic acids is 2. The van der Waals surface area contributed by atoms with Crippen LogP contribution in [-0.4, -0.2) is 39.6 Å². The van der Waals surface area contributed by atoms with Crippen LogP contribution in [-0.2, 0) is 13.1 Å². The van der Waals surface area contributed by atoms with E-state index in [1.807, 2.05) is 35.2 Å². The van der Waals surface area contributed by atoms with Gasteiger partial charge < -0.3 is 10.2 Å². The summed E-state index contributed by atoms with van der Waals surface area (Å²) in [6, 6.07) is 11.6. The number of fused-ring (bicyclic) bond motifs is 1. The second kappa shape index (κ2) is 7.96. The first kappa shape index (κ1) is 17.2. The van der Waals surface area contributed by atoms with Gasteiger partial charge in [0.2, 0.25) is 0 Å². The summed E-state index contributed by atoms with van der Waals surface area (Å²) in [6.45, 7) is 4.61. The molecule has 3 rings (SSSR count). The van der Waals surface area contributed by atoms with Crippen molar-refractivity contribution in [2.75, 3.05) is 13.1 Å².